The van der Waals surface area contributed by atoms with Gasteiger partial charge in [0.25, 0.3) is 5.56 Å². The van der Waals surface area contributed by atoms with Crippen molar-refractivity contribution < 1.29 is 0 Å². The molecule has 3 aromatic carbocycles. The molecule has 1 aromatic heterocycles. The Balaban J connectivity index is 1.46. The molecule has 0 unspecified atom stereocenters. The van der Waals surface area contributed by atoms with E-state index in [0.29, 0.717) is 6.54 Å². The molecule has 4 heteroatoms. The highest BCUT2D eigenvalue weighted by Crippen LogP contribution is 2.50. The van der Waals surface area contributed by atoms with E-state index in [1.807, 2.05) is 10.6 Å². The summed E-state index contributed by atoms with van der Waals surface area (Å²) >= 11 is 1.69. The fourth-order valence-electron chi connectivity index (χ4n) is 6.07. The summed E-state index contributed by atoms with van der Waals surface area (Å²) in [6, 6.07) is 27.7. The second-order valence-corrected chi connectivity index (χ2v) is 11.3. The summed E-state index contributed by atoms with van der Waals surface area (Å²) in [7, 11) is 0. The molecule has 1 spiro atoms. The minimum Gasteiger partial charge on any atom is -0.287 e. The van der Waals surface area contributed by atoms with Gasteiger partial charge in [0, 0.05) is 23.3 Å². The molecule has 3 nitrogen and oxygen atoms in total. The molecule has 0 atom stereocenters. The monoisotopic (exact) mass is 492 g/mol. The van der Waals surface area contributed by atoms with E-state index in [1.165, 1.54) is 35.1 Å². The van der Waals surface area contributed by atoms with Gasteiger partial charge in [0.1, 0.15) is 0 Å². The minimum atomic E-state index is -0.0670. The average molecular weight is 493 g/mol. The van der Waals surface area contributed by atoms with Crippen LogP contribution in [0.2, 0.25) is 0 Å². The van der Waals surface area contributed by atoms with Crippen LogP contribution in [-0.2, 0) is 30.6 Å². The van der Waals surface area contributed by atoms with Gasteiger partial charge in [-0.25, -0.2) is 4.98 Å². The van der Waals surface area contributed by atoms with Gasteiger partial charge in [-0.2, -0.15) is 0 Å². The summed E-state index contributed by atoms with van der Waals surface area (Å²) in [6.07, 6.45) is 6.33. The van der Waals surface area contributed by atoms with Crippen molar-refractivity contribution in [2.45, 2.75) is 68.3 Å². The summed E-state index contributed by atoms with van der Waals surface area (Å²) < 4.78 is 1.98. The number of benzene rings is 3. The maximum atomic E-state index is 14.4. The number of hydrogen-bond acceptors (Lipinski definition) is 3. The molecule has 0 radical (unpaired) electrons. The van der Waals surface area contributed by atoms with Crippen molar-refractivity contribution in [3.05, 3.63) is 117 Å². The second-order valence-electron chi connectivity index (χ2n) is 10.4. The lowest BCUT2D eigenvalue weighted by Crippen LogP contribution is -2.40. The Kier molecular flexibility index (Phi) is 6.30. The molecule has 0 amide bonds. The van der Waals surface area contributed by atoms with Crippen LogP contribution >= 0.6 is 11.8 Å². The lowest BCUT2D eigenvalue weighted by atomic mass is 9.68. The summed E-state index contributed by atoms with van der Waals surface area (Å²) in [5.74, 6) is 0.795. The highest BCUT2D eigenvalue weighted by Gasteiger charge is 2.44. The number of fused-ring (bicyclic) bond motifs is 4. The van der Waals surface area contributed by atoms with Crippen molar-refractivity contribution in [1.82, 2.24) is 9.55 Å². The maximum Gasteiger partial charge on any atom is 0.258 e. The van der Waals surface area contributed by atoms with Crippen molar-refractivity contribution >= 4 is 11.8 Å². The zero-order valence-electron chi connectivity index (χ0n) is 20.9. The van der Waals surface area contributed by atoms with Gasteiger partial charge in [-0.05, 0) is 49.3 Å². The van der Waals surface area contributed by atoms with Gasteiger partial charge in [0.15, 0.2) is 5.16 Å². The number of hydrogen-bond donors (Lipinski definition) is 0. The van der Waals surface area contributed by atoms with E-state index in [0.717, 1.165) is 53.4 Å². The number of aromatic nitrogens is 2. The van der Waals surface area contributed by atoms with Gasteiger partial charge in [-0.1, -0.05) is 109 Å². The molecule has 0 N–H and O–H groups in total. The molecule has 2 aliphatic carbocycles. The van der Waals surface area contributed by atoms with E-state index < -0.39 is 0 Å². The molecule has 0 saturated heterocycles. The van der Waals surface area contributed by atoms with Crippen molar-refractivity contribution in [3.63, 3.8) is 0 Å². The van der Waals surface area contributed by atoms with Gasteiger partial charge in [0.05, 0.1) is 11.3 Å². The van der Waals surface area contributed by atoms with Crippen molar-refractivity contribution in [2.24, 2.45) is 0 Å². The first-order chi connectivity index (χ1) is 17.6. The maximum absolute atomic E-state index is 14.4. The number of rotatable bonds is 6. The molecule has 4 aromatic rings. The lowest BCUT2D eigenvalue weighted by molar-refractivity contribution is 0.415. The Morgan fingerprint density at radius 3 is 2.39 bits per heavy atom. The minimum absolute atomic E-state index is 0.0670. The summed E-state index contributed by atoms with van der Waals surface area (Å²) in [5, 5.41) is 0.833. The van der Waals surface area contributed by atoms with Crippen LogP contribution in [0.25, 0.3) is 11.3 Å². The molecular formula is C32H32N2OS. The molecular weight excluding hydrogens is 460 g/mol. The summed E-state index contributed by atoms with van der Waals surface area (Å²) in [6.45, 7) is 2.76. The first-order valence-electron chi connectivity index (χ1n) is 13.1. The number of thioether (sulfide) groups is 1. The molecule has 182 valence electrons. The Morgan fingerprint density at radius 2 is 1.61 bits per heavy atom. The Labute approximate surface area is 217 Å². The van der Waals surface area contributed by atoms with Crippen LogP contribution in [0.15, 0.2) is 88.8 Å². The van der Waals surface area contributed by atoms with Crippen LogP contribution in [0.1, 0.15) is 53.5 Å². The third kappa shape index (κ3) is 4.32. The van der Waals surface area contributed by atoms with E-state index >= 15 is 0 Å². The predicted molar refractivity (Wildman–Crippen MR) is 149 cm³/mol. The van der Waals surface area contributed by atoms with Gasteiger partial charge >= 0.3 is 0 Å². The molecule has 1 saturated carbocycles. The normalized spacial score (nSPS) is 15.6. The number of nitrogens with zero attached hydrogens (tertiary/aromatic N) is 2. The van der Waals surface area contributed by atoms with Crippen LogP contribution in [0, 0.1) is 6.92 Å². The van der Waals surface area contributed by atoms with Crippen LogP contribution in [0.4, 0.5) is 0 Å². The van der Waals surface area contributed by atoms with E-state index in [9.17, 15) is 4.79 Å². The van der Waals surface area contributed by atoms with Crippen molar-refractivity contribution in [1.29, 1.82) is 0 Å². The third-order valence-corrected chi connectivity index (χ3v) is 9.03. The second kappa shape index (κ2) is 9.74. The van der Waals surface area contributed by atoms with E-state index in [-0.39, 0.29) is 11.0 Å². The highest BCUT2D eigenvalue weighted by atomic mass is 32.2. The van der Waals surface area contributed by atoms with Crippen LogP contribution in [0.3, 0.4) is 0 Å². The molecule has 6 rings (SSSR count). The largest absolute Gasteiger partial charge is 0.287 e. The SMILES string of the molecule is Cc1ccc(CSc2nc3c(c(=O)n2CCc2ccccc2)C2(CCCC2)Cc2ccccc2-3)cc1. The topological polar surface area (TPSA) is 34.9 Å². The van der Waals surface area contributed by atoms with Gasteiger partial charge in [0.2, 0.25) is 0 Å². The first-order valence-corrected chi connectivity index (χ1v) is 14.1. The quantitative estimate of drug-likeness (QED) is 0.212. The Morgan fingerprint density at radius 1 is 0.889 bits per heavy atom. The van der Waals surface area contributed by atoms with Gasteiger partial charge < -0.3 is 0 Å². The molecule has 0 aliphatic heterocycles. The molecule has 2 aliphatic rings. The zero-order chi connectivity index (χ0) is 24.5. The molecule has 36 heavy (non-hydrogen) atoms. The first kappa shape index (κ1) is 23.3. The molecule has 1 heterocycles. The van der Waals surface area contributed by atoms with Crippen LogP contribution in [0.5, 0.6) is 0 Å². The average Bonchev–Trinajstić information content (AvgIpc) is 3.36. The van der Waals surface area contributed by atoms with E-state index in [2.05, 4.69) is 79.7 Å². The summed E-state index contributed by atoms with van der Waals surface area (Å²) in [5.41, 5.74) is 8.27. The standard InChI is InChI=1S/C32H32N2OS/c1-23-13-15-25(16-14-23)22-36-31-33-29-27-12-6-5-11-26(27)21-32(18-7-8-19-32)28(29)30(35)34(31)20-17-24-9-3-2-4-10-24/h2-6,9-16H,7-8,17-22H2,1H3. The van der Waals surface area contributed by atoms with Crippen molar-refractivity contribution in [2.75, 3.05) is 0 Å². The molecule has 1 fully saturated rings. The Hall–Kier alpha value is -3.11. The van der Waals surface area contributed by atoms with Crippen LogP contribution < -0.4 is 5.56 Å². The fourth-order valence-corrected chi connectivity index (χ4v) is 7.04. The Bertz CT molecular complexity index is 1430. The molecule has 0 bridgehead atoms. The van der Waals surface area contributed by atoms with Gasteiger partial charge in [-0.15, -0.1) is 0 Å². The third-order valence-electron chi connectivity index (χ3n) is 7.98. The van der Waals surface area contributed by atoms with Crippen molar-refractivity contribution in [3.8, 4) is 11.3 Å². The van der Waals surface area contributed by atoms with Crippen LogP contribution in [-0.4, -0.2) is 9.55 Å². The van der Waals surface area contributed by atoms with Gasteiger partial charge in [-0.3, -0.25) is 9.36 Å². The predicted octanol–water partition coefficient (Wildman–Crippen LogP) is 7.12. The highest BCUT2D eigenvalue weighted by molar-refractivity contribution is 7.98. The fraction of sp³-hybridized carbons (Fsp3) is 0.312. The number of aryl methyl sites for hydroxylation is 2. The zero-order valence-corrected chi connectivity index (χ0v) is 21.7. The smallest absolute Gasteiger partial charge is 0.258 e. The lowest BCUT2D eigenvalue weighted by Gasteiger charge is -2.36. The van der Waals surface area contributed by atoms with E-state index in [4.69, 9.17) is 4.98 Å². The summed E-state index contributed by atoms with van der Waals surface area (Å²) in [4.78, 5) is 19.7. The van der Waals surface area contributed by atoms with E-state index in [1.54, 1.807) is 11.8 Å².